The van der Waals surface area contributed by atoms with Crippen LogP contribution in [0, 0.1) is 6.92 Å². The van der Waals surface area contributed by atoms with E-state index in [1.54, 1.807) is 0 Å². The number of rotatable bonds is 9. The molecule has 2 aromatic rings. The lowest BCUT2D eigenvalue weighted by molar-refractivity contribution is 0.0952. The predicted molar refractivity (Wildman–Crippen MR) is 98.7 cm³/mol. The Morgan fingerprint density at radius 2 is 1.96 bits per heavy atom. The largest absolute Gasteiger partial charge is 0.352 e. The van der Waals surface area contributed by atoms with Crippen LogP contribution in [-0.4, -0.2) is 46.4 Å². The Kier molecular flexibility index (Phi) is 6.79. The quantitative estimate of drug-likeness (QED) is 0.719. The number of nitrogens with one attached hydrogen (secondary N) is 1. The monoisotopic (exact) mass is 330 g/mol. The Bertz CT molecular complexity index is 673. The topological polar surface area (TPSA) is 49.6 Å². The molecule has 0 aliphatic heterocycles. The summed E-state index contributed by atoms with van der Waals surface area (Å²) in [5.41, 5.74) is 3.79. The number of amides is 1. The van der Waals surface area contributed by atoms with Gasteiger partial charge in [-0.05, 0) is 58.0 Å². The first-order valence-corrected chi connectivity index (χ1v) is 9.08. The Balaban J connectivity index is 1.88. The highest BCUT2D eigenvalue weighted by Crippen LogP contribution is 2.13. The maximum absolute atomic E-state index is 12.3. The Morgan fingerprint density at radius 1 is 1.21 bits per heavy atom. The summed E-state index contributed by atoms with van der Waals surface area (Å²) in [5.74, 6) is -0.00844. The molecule has 0 saturated carbocycles. The number of unbranched alkanes of at least 4 members (excludes halogenated alkanes) is 1. The Morgan fingerprint density at radius 3 is 2.62 bits per heavy atom. The standard InChI is InChI=1S/C19H30N4O/c1-5-17-15(4)23-14-16(10-11-18(23)21-17)19(24)20-12-8-9-13-22(6-2)7-3/h10-11,14H,5-9,12-13H2,1-4H3,(H,20,24). The van der Waals surface area contributed by atoms with Crippen molar-refractivity contribution in [3.05, 3.63) is 35.3 Å². The van der Waals surface area contributed by atoms with Crippen LogP contribution in [0.15, 0.2) is 18.3 Å². The average Bonchev–Trinajstić information content (AvgIpc) is 2.93. The van der Waals surface area contributed by atoms with Gasteiger partial charge >= 0.3 is 0 Å². The van der Waals surface area contributed by atoms with E-state index in [0.29, 0.717) is 5.56 Å². The number of hydrogen-bond donors (Lipinski definition) is 1. The minimum atomic E-state index is -0.00844. The van der Waals surface area contributed by atoms with Crippen LogP contribution in [0.5, 0.6) is 0 Å². The zero-order valence-corrected chi connectivity index (χ0v) is 15.4. The van der Waals surface area contributed by atoms with E-state index in [4.69, 9.17) is 0 Å². The van der Waals surface area contributed by atoms with Crippen LogP contribution in [0.1, 0.15) is 55.4 Å². The minimum Gasteiger partial charge on any atom is -0.352 e. The second-order valence-corrected chi connectivity index (χ2v) is 6.13. The van der Waals surface area contributed by atoms with Gasteiger partial charge in [0.15, 0.2) is 0 Å². The van der Waals surface area contributed by atoms with Gasteiger partial charge in [0.25, 0.3) is 5.91 Å². The maximum atomic E-state index is 12.3. The van der Waals surface area contributed by atoms with Gasteiger partial charge in [-0.3, -0.25) is 4.79 Å². The third-order valence-corrected chi connectivity index (χ3v) is 4.63. The molecule has 0 unspecified atom stereocenters. The van der Waals surface area contributed by atoms with E-state index < -0.39 is 0 Å². The number of aryl methyl sites for hydroxylation is 2. The van der Waals surface area contributed by atoms with Crippen molar-refractivity contribution in [1.82, 2.24) is 19.6 Å². The molecule has 2 aromatic heterocycles. The molecule has 1 N–H and O–H groups in total. The third kappa shape index (κ3) is 4.35. The van der Waals surface area contributed by atoms with E-state index >= 15 is 0 Å². The second-order valence-electron chi connectivity index (χ2n) is 6.13. The van der Waals surface area contributed by atoms with Crippen LogP contribution in [-0.2, 0) is 6.42 Å². The van der Waals surface area contributed by atoms with Crippen molar-refractivity contribution in [2.75, 3.05) is 26.2 Å². The number of hydrogen-bond acceptors (Lipinski definition) is 3. The molecular formula is C19H30N4O. The SMILES string of the molecule is CCc1nc2ccc(C(=O)NCCCCN(CC)CC)cn2c1C. The van der Waals surface area contributed by atoms with Gasteiger partial charge in [0.2, 0.25) is 0 Å². The van der Waals surface area contributed by atoms with Crippen molar-refractivity contribution in [2.24, 2.45) is 0 Å². The molecule has 0 spiro atoms. The van der Waals surface area contributed by atoms with E-state index in [0.717, 1.165) is 62.5 Å². The van der Waals surface area contributed by atoms with Crippen LogP contribution in [0.4, 0.5) is 0 Å². The van der Waals surface area contributed by atoms with E-state index in [2.05, 4.69) is 36.0 Å². The van der Waals surface area contributed by atoms with Crippen molar-refractivity contribution in [3.8, 4) is 0 Å². The van der Waals surface area contributed by atoms with E-state index in [9.17, 15) is 4.79 Å². The number of fused-ring (bicyclic) bond motifs is 1. The number of pyridine rings is 1. The van der Waals surface area contributed by atoms with Gasteiger partial charge < -0.3 is 14.6 Å². The molecule has 5 nitrogen and oxygen atoms in total. The molecular weight excluding hydrogens is 300 g/mol. The highest BCUT2D eigenvalue weighted by molar-refractivity contribution is 5.94. The summed E-state index contributed by atoms with van der Waals surface area (Å²) in [6.07, 6.45) is 4.92. The van der Waals surface area contributed by atoms with Crippen molar-refractivity contribution in [3.63, 3.8) is 0 Å². The zero-order chi connectivity index (χ0) is 17.5. The van der Waals surface area contributed by atoms with Gasteiger partial charge in [-0.2, -0.15) is 0 Å². The lowest BCUT2D eigenvalue weighted by Crippen LogP contribution is -2.27. The fourth-order valence-corrected chi connectivity index (χ4v) is 2.98. The van der Waals surface area contributed by atoms with Gasteiger partial charge in [-0.15, -0.1) is 0 Å². The molecule has 0 fully saturated rings. The number of nitrogens with zero attached hydrogens (tertiary/aromatic N) is 3. The summed E-state index contributed by atoms with van der Waals surface area (Å²) in [4.78, 5) is 19.3. The molecule has 0 saturated heterocycles. The maximum Gasteiger partial charge on any atom is 0.252 e. The van der Waals surface area contributed by atoms with E-state index in [-0.39, 0.29) is 5.91 Å². The van der Waals surface area contributed by atoms with Crippen LogP contribution in [0.3, 0.4) is 0 Å². The summed E-state index contributed by atoms with van der Waals surface area (Å²) in [6.45, 7) is 12.5. The van der Waals surface area contributed by atoms with Gasteiger partial charge in [-0.25, -0.2) is 4.98 Å². The second kappa shape index (κ2) is 8.83. The predicted octanol–water partition coefficient (Wildman–Crippen LogP) is 3.06. The highest BCUT2D eigenvalue weighted by Gasteiger charge is 2.10. The van der Waals surface area contributed by atoms with Gasteiger partial charge in [0.1, 0.15) is 5.65 Å². The highest BCUT2D eigenvalue weighted by atomic mass is 16.1. The molecule has 5 heteroatoms. The van der Waals surface area contributed by atoms with Crippen molar-refractivity contribution >= 4 is 11.6 Å². The number of carbonyl (C=O) groups excluding carboxylic acids is 1. The summed E-state index contributed by atoms with van der Waals surface area (Å²) in [7, 11) is 0. The number of imidazole rings is 1. The smallest absolute Gasteiger partial charge is 0.252 e. The molecule has 132 valence electrons. The third-order valence-electron chi connectivity index (χ3n) is 4.63. The van der Waals surface area contributed by atoms with E-state index in [1.165, 1.54) is 0 Å². The molecule has 2 rings (SSSR count). The Labute approximate surface area is 145 Å². The molecule has 24 heavy (non-hydrogen) atoms. The first kappa shape index (κ1) is 18.5. The summed E-state index contributed by atoms with van der Waals surface area (Å²) >= 11 is 0. The average molecular weight is 330 g/mol. The zero-order valence-electron chi connectivity index (χ0n) is 15.4. The fraction of sp³-hybridized carbons (Fsp3) is 0.579. The van der Waals surface area contributed by atoms with Crippen molar-refractivity contribution < 1.29 is 4.79 Å². The Hall–Kier alpha value is -1.88. The summed E-state index contributed by atoms with van der Waals surface area (Å²) < 4.78 is 2.01. The van der Waals surface area contributed by atoms with Gasteiger partial charge in [0.05, 0.1) is 11.3 Å². The first-order chi connectivity index (χ1) is 11.6. The molecule has 1 amide bonds. The van der Waals surface area contributed by atoms with Crippen LogP contribution < -0.4 is 5.32 Å². The lowest BCUT2D eigenvalue weighted by atomic mass is 10.2. The fourth-order valence-electron chi connectivity index (χ4n) is 2.98. The molecule has 0 aromatic carbocycles. The van der Waals surface area contributed by atoms with E-state index in [1.807, 2.05) is 29.7 Å². The molecule has 0 aliphatic rings. The molecule has 0 aliphatic carbocycles. The normalized spacial score (nSPS) is 11.4. The van der Waals surface area contributed by atoms with Crippen molar-refractivity contribution in [1.29, 1.82) is 0 Å². The minimum absolute atomic E-state index is 0.00844. The number of carbonyl (C=O) groups is 1. The lowest BCUT2D eigenvalue weighted by Gasteiger charge is -2.17. The van der Waals surface area contributed by atoms with Crippen LogP contribution in [0.25, 0.3) is 5.65 Å². The van der Waals surface area contributed by atoms with Crippen molar-refractivity contribution in [2.45, 2.75) is 47.0 Å². The van der Waals surface area contributed by atoms with Crippen LogP contribution in [0.2, 0.25) is 0 Å². The molecule has 0 bridgehead atoms. The molecule has 2 heterocycles. The molecule has 0 radical (unpaired) electrons. The molecule has 0 atom stereocenters. The first-order valence-electron chi connectivity index (χ1n) is 9.08. The van der Waals surface area contributed by atoms with Gasteiger partial charge in [-0.1, -0.05) is 20.8 Å². The summed E-state index contributed by atoms with van der Waals surface area (Å²) in [6, 6.07) is 3.77. The summed E-state index contributed by atoms with van der Waals surface area (Å²) in [5, 5.41) is 3.02. The van der Waals surface area contributed by atoms with Gasteiger partial charge in [0, 0.05) is 18.4 Å². The number of aromatic nitrogens is 2. The van der Waals surface area contributed by atoms with Crippen LogP contribution >= 0.6 is 0 Å².